The van der Waals surface area contributed by atoms with Crippen LogP contribution in [0.25, 0.3) is 11.0 Å². The molecule has 4 heteroatoms. The standard InChI is InChI=1S/C12H17N3O/c1-10-14-11-4-2-3-5-12(11)15(10)7-9-16-8-6-13/h2-5H,6-9,13H2,1H3. The molecule has 2 rings (SSSR count). The molecular weight excluding hydrogens is 202 g/mol. The van der Waals surface area contributed by atoms with Crippen LogP contribution in [0.1, 0.15) is 5.82 Å². The molecule has 86 valence electrons. The van der Waals surface area contributed by atoms with Crippen LogP contribution in [0.5, 0.6) is 0 Å². The van der Waals surface area contributed by atoms with E-state index in [4.69, 9.17) is 10.5 Å². The maximum Gasteiger partial charge on any atom is 0.106 e. The number of hydrogen-bond acceptors (Lipinski definition) is 3. The van der Waals surface area contributed by atoms with E-state index in [9.17, 15) is 0 Å². The molecule has 0 saturated heterocycles. The van der Waals surface area contributed by atoms with Gasteiger partial charge in [0, 0.05) is 13.1 Å². The maximum atomic E-state index is 5.39. The number of nitrogens with two attached hydrogens (primary N) is 1. The predicted octanol–water partition coefficient (Wildman–Crippen LogP) is 1.32. The summed E-state index contributed by atoms with van der Waals surface area (Å²) in [5.74, 6) is 1.03. The average Bonchev–Trinajstić information content (AvgIpc) is 2.61. The molecule has 0 aliphatic carbocycles. The Hall–Kier alpha value is -1.39. The molecule has 0 spiro atoms. The number of hydrogen-bond donors (Lipinski definition) is 1. The molecule has 16 heavy (non-hydrogen) atoms. The van der Waals surface area contributed by atoms with Crippen LogP contribution < -0.4 is 5.73 Å². The third-order valence-electron chi connectivity index (χ3n) is 2.57. The molecule has 1 aromatic heterocycles. The molecule has 0 atom stereocenters. The highest BCUT2D eigenvalue weighted by Gasteiger charge is 2.05. The highest BCUT2D eigenvalue weighted by Crippen LogP contribution is 2.14. The van der Waals surface area contributed by atoms with E-state index >= 15 is 0 Å². The molecule has 0 unspecified atom stereocenters. The molecule has 2 aromatic rings. The Morgan fingerprint density at radius 1 is 1.31 bits per heavy atom. The van der Waals surface area contributed by atoms with Crippen LogP contribution in [0.4, 0.5) is 0 Å². The van der Waals surface area contributed by atoms with Gasteiger partial charge < -0.3 is 15.0 Å². The summed E-state index contributed by atoms with van der Waals surface area (Å²) >= 11 is 0. The van der Waals surface area contributed by atoms with Gasteiger partial charge in [-0.3, -0.25) is 0 Å². The molecular formula is C12H17N3O. The highest BCUT2D eigenvalue weighted by molar-refractivity contribution is 5.75. The summed E-state index contributed by atoms with van der Waals surface area (Å²) in [6.45, 7) is 4.71. The molecule has 0 bridgehead atoms. The third-order valence-corrected chi connectivity index (χ3v) is 2.57. The Labute approximate surface area is 95.0 Å². The van der Waals surface area contributed by atoms with Gasteiger partial charge in [0.1, 0.15) is 5.82 Å². The van der Waals surface area contributed by atoms with Crippen LogP contribution in [0, 0.1) is 6.92 Å². The monoisotopic (exact) mass is 219 g/mol. The second kappa shape index (κ2) is 5.09. The number of aromatic nitrogens is 2. The van der Waals surface area contributed by atoms with E-state index in [0.29, 0.717) is 19.8 Å². The molecule has 2 N–H and O–H groups in total. The normalized spacial score (nSPS) is 11.1. The summed E-state index contributed by atoms with van der Waals surface area (Å²) in [7, 11) is 0. The van der Waals surface area contributed by atoms with E-state index < -0.39 is 0 Å². The second-order valence-corrected chi connectivity index (χ2v) is 3.70. The van der Waals surface area contributed by atoms with Gasteiger partial charge in [0.2, 0.25) is 0 Å². The van der Waals surface area contributed by atoms with Crippen molar-refractivity contribution in [2.75, 3.05) is 19.8 Å². The molecule has 0 saturated carbocycles. The van der Waals surface area contributed by atoms with E-state index in [1.807, 2.05) is 25.1 Å². The minimum atomic E-state index is 0.573. The quantitative estimate of drug-likeness (QED) is 0.772. The van der Waals surface area contributed by atoms with Crippen molar-refractivity contribution in [3.8, 4) is 0 Å². The number of benzene rings is 1. The Kier molecular flexibility index (Phi) is 3.54. The SMILES string of the molecule is Cc1nc2ccccc2n1CCOCCN. The summed E-state index contributed by atoms with van der Waals surface area (Å²) in [5, 5.41) is 0. The fourth-order valence-corrected chi connectivity index (χ4v) is 1.82. The van der Waals surface area contributed by atoms with Gasteiger partial charge in [-0.2, -0.15) is 0 Å². The first-order valence-electron chi connectivity index (χ1n) is 5.52. The lowest BCUT2D eigenvalue weighted by atomic mass is 10.3. The number of fused-ring (bicyclic) bond motifs is 1. The molecule has 0 aliphatic heterocycles. The Balaban J connectivity index is 2.13. The molecule has 0 aliphatic rings. The molecule has 0 amide bonds. The van der Waals surface area contributed by atoms with E-state index in [1.165, 1.54) is 0 Å². The van der Waals surface area contributed by atoms with Crippen LogP contribution >= 0.6 is 0 Å². The minimum Gasteiger partial charge on any atom is -0.378 e. The van der Waals surface area contributed by atoms with Gasteiger partial charge in [-0.1, -0.05) is 12.1 Å². The minimum absolute atomic E-state index is 0.573. The van der Waals surface area contributed by atoms with Crippen LogP contribution in [0.15, 0.2) is 24.3 Å². The van der Waals surface area contributed by atoms with Crippen molar-refractivity contribution in [2.45, 2.75) is 13.5 Å². The van der Waals surface area contributed by atoms with Gasteiger partial charge in [0.05, 0.1) is 24.2 Å². The fourth-order valence-electron chi connectivity index (χ4n) is 1.82. The Bertz CT molecular complexity index is 464. The first kappa shape index (κ1) is 11.1. The van der Waals surface area contributed by atoms with Crippen LogP contribution in [0.2, 0.25) is 0 Å². The fraction of sp³-hybridized carbons (Fsp3) is 0.417. The van der Waals surface area contributed by atoms with Crippen molar-refractivity contribution in [3.63, 3.8) is 0 Å². The van der Waals surface area contributed by atoms with Crippen molar-refractivity contribution >= 4 is 11.0 Å². The molecule has 1 aromatic carbocycles. The topological polar surface area (TPSA) is 53.1 Å². The van der Waals surface area contributed by atoms with Gasteiger partial charge in [-0.25, -0.2) is 4.98 Å². The number of rotatable bonds is 5. The van der Waals surface area contributed by atoms with Crippen molar-refractivity contribution in [3.05, 3.63) is 30.1 Å². The predicted molar refractivity (Wildman–Crippen MR) is 64.3 cm³/mol. The summed E-state index contributed by atoms with van der Waals surface area (Å²) < 4.78 is 7.56. The first-order valence-corrected chi connectivity index (χ1v) is 5.52. The molecule has 4 nitrogen and oxygen atoms in total. The largest absolute Gasteiger partial charge is 0.378 e. The van der Waals surface area contributed by atoms with Crippen molar-refractivity contribution in [2.24, 2.45) is 5.73 Å². The molecule has 1 heterocycles. The Morgan fingerprint density at radius 3 is 2.94 bits per heavy atom. The zero-order valence-electron chi connectivity index (χ0n) is 9.52. The third kappa shape index (κ3) is 2.23. The van der Waals surface area contributed by atoms with E-state index in [-0.39, 0.29) is 0 Å². The van der Waals surface area contributed by atoms with Crippen LogP contribution in [-0.4, -0.2) is 29.3 Å². The zero-order valence-corrected chi connectivity index (χ0v) is 9.52. The highest BCUT2D eigenvalue weighted by atomic mass is 16.5. The van der Waals surface area contributed by atoms with Gasteiger partial charge in [0.25, 0.3) is 0 Å². The van der Waals surface area contributed by atoms with Crippen molar-refractivity contribution in [1.29, 1.82) is 0 Å². The average molecular weight is 219 g/mol. The summed E-state index contributed by atoms with van der Waals surface area (Å²) in [4.78, 5) is 4.49. The molecule has 0 fully saturated rings. The number of imidazole rings is 1. The number of nitrogens with zero attached hydrogens (tertiary/aromatic N) is 2. The lowest BCUT2D eigenvalue weighted by Crippen LogP contribution is -2.13. The van der Waals surface area contributed by atoms with E-state index in [0.717, 1.165) is 23.4 Å². The Morgan fingerprint density at radius 2 is 2.12 bits per heavy atom. The smallest absolute Gasteiger partial charge is 0.106 e. The van der Waals surface area contributed by atoms with Gasteiger partial charge in [-0.05, 0) is 19.1 Å². The van der Waals surface area contributed by atoms with E-state index in [2.05, 4.69) is 15.6 Å². The van der Waals surface area contributed by atoms with Crippen LogP contribution in [-0.2, 0) is 11.3 Å². The van der Waals surface area contributed by atoms with E-state index in [1.54, 1.807) is 0 Å². The summed E-state index contributed by atoms with van der Waals surface area (Å²) in [5.41, 5.74) is 7.57. The number of aryl methyl sites for hydroxylation is 1. The van der Waals surface area contributed by atoms with Crippen LogP contribution in [0.3, 0.4) is 0 Å². The zero-order chi connectivity index (χ0) is 11.4. The summed E-state index contributed by atoms with van der Waals surface area (Å²) in [6, 6.07) is 8.14. The number of para-hydroxylation sites is 2. The first-order chi connectivity index (χ1) is 7.83. The van der Waals surface area contributed by atoms with Gasteiger partial charge in [0.15, 0.2) is 0 Å². The van der Waals surface area contributed by atoms with Crippen molar-refractivity contribution in [1.82, 2.24) is 9.55 Å². The van der Waals surface area contributed by atoms with Crippen molar-refractivity contribution < 1.29 is 4.74 Å². The lowest BCUT2D eigenvalue weighted by molar-refractivity contribution is 0.133. The number of ether oxygens (including phenoxy) is 1. The maximum absolute atomic E-state index is 5.39. The molecule has 0 radical (unpaired) electrons. The summed E-state index contributed by atoms with van der Waals surface area (Å²) in [6.07, 6.45) is 0. The van der Waals surface area contributed by atoms with Gasteiger partial charge >= 0.3 is 0 Å². The lowest BCUT2D eigenvalue weighted by Gasteiger charge is -2.07. The van der Waals surface area contributed by atoms with Gasteiger partial charge in [-0.15, -0.1) is 0 Å². The second-order valence-electron chi connectivity index (χ2n) is 3.70.